The molecule has 0 aromatic carbocycles. The van der Waals surface area contributed by atoms with E-state index in [1.54, 1.807) is 0 Å². The second-order valence-corrected chi connectivity index (χ2v) is 2.67. The van der Waals surface area contributed by atoms with Gasteiger partial charge in [0.2, 0.25) is 6.30 Å². The van der Waals surface area contributed by atoms with Gasteiger partial charge in [0, 0.05) is 6.20 Å². The molecular formula is C5H6BrFN2O. The Balaban J connectivity index is 2.74. The third kappa shape index (κ3) is 1.54. The highest BCUT2D eigenvalue weighted by molar-refractivity contribution is 9.10. The smallest absolute Gasteiger partial charge is 0.214 e. The van der Waals surface area contributed by atoms with Crippen LogP contribution in [-0.2, 0) is 0 Å². The molecule has 3 nitrogen and oxygen atoms in total. The Bertz CT molecular complexity index is 215. The molecule has 0 aliphatic carbocycles. The number of halogens is 2. The minimum absolute atomic E-state index is 0.547. The molecule has 1 unspecified atom stereocenters. The molecule has 1 aromatic heterocycles. The molecule has 0 aliphatic heterocycles. The van der Waals surface area contributed by atoms with E-state index in [0.29, 0.717) is 4.47 Å². The molecule has 1 aromatic rings. The molecule has 0 amide bonds. The van der Waals surface area contributed by atoms with Crippen molar-refractivity contribution < 1.29 is 9.50 Å². The Morgan fingerprint density at radius 3 is 3.00 bits per heavy atom. The first-order valence-corrected chi connectivity index (χ1v) is 3.48. The van der Waals surface area contributed by atoms with Crippen molar-refractivity contribution in [1.82, 2.24) is 9.78 Å². The zero-order valence-corrected chi connectivity index (χ0v) is 6.62. The summed E-state index contributed by atoms with van der Waals surface area (Å²) in [5, 5.41) is 12.0. The first-order valence-electron chi connectivity index (χ1n) is 2.68. The van der Waals surface area contributed by atoms with E-state index in [4.69, 9.17) is 5.11 Å². The Morgan fingerprint density at radius 2 is 2.60 bits per heavy atom. The summed E-state index contributed by atoms with van der Waals surface area (Å²) in [6.07, 6.45) is 1.48. The first-order chi connectivity index (χ1) is 4.74. The number of hydrogen-bond acceptors (Lipinski definition) is 2. The van der Waals surface area contributed by atoms with Gasteiger partial charge in [-0.3, -0.25) is 0 Å². The highest BCUT2D eigenvalue weighted by atomic mass is 79.9. The van der Waals surface area contributed by atoms with Crippen LogP contribution in [0.4, 0.5) is 4.39 Å². The predicted molar refractivity (Wildman–Crippen MR) is 37.2 cm³/mol. The van der Waals surface area contributed by atoms with Gasteiger partial charge in [-0.1, -0.05) is 0 Å². The SMILES string of the molecule is OCC(F)n1cc(Br)cn1. The maximum absolute atomic E-state index is 12.5. The van der Waals surface area contributed by atoms with E-state index >= 15 is 0 Å². The molecule has 0 aliphatic rings. The third-order valence-electron chi connectivity index (χ3n) is 1.01. The number of nitrogens with zero attached hydrogens (tertiary/aromatic N) is 2. The van der Waals surface area contributed by atoms with Crippen molar-refractivity contribution in [3.8, 4) is 0 Å². The molecule has 56 valence electrons. The largest absolute Gasteiger partial charge is 0.391 e. The van der Waals surface area contributed by atoms with Gasteiger partial charge >= 0.3 is 0 Å². The van der Waals surface area contributed by atoms with Crippen LogP contribution in [0.2, 0.25) is 0 Å². The summed E-state index contributed by atoms with van der Waals surface area (Å²) in [7, 11) is 0. The molecule has 0 spiro atoms. The van der Waals surface area contributed by atoms with Crippen molar-refractivity contribution in [2.45, 2.75) is 6.30 Å². The second-order valence-electron chi connectivity index (χ2n) is 1.76. The minimum atomic E-state index is -1.44. The maximum atomic E-state index is 12.5. The fourth-order valence-corrected chi connectivity index (χ4v) is 0.853. The minimum Gasteiger partial charge on any atom is -0.391 e. The summed E-state index contributed by atoms with van der Waals surface area (Å²) in [6.45, 7) is -0.547. The molecule has 0 fully saturated rings. The zero-order valence-electron chi connectivity index (χ0n) is 5.04. The zero-order chi connectivity index (χ0) is 7.56. The lowest BCUT2D eigenvalue weighted by atomic mass is 10.6. The van der Waals surface area contributed by atoms with Crippen LogP contribution in [0, 0.1) is 0 Å². The molecule has 1 atom stereocenters. The molecule has 0 saturated heterocycles. The van der Waals surface area contributed by atoms with Crippen LogP contribution >= 0.6 is 15.9 Å². The molecule has 0 bridgehead atoms. The van der Waals surface area contributed by atoms with Crippen molar-refractivity contribution in [2.75, 3.05) is 6.61 Å². The molecule has 1 N–H and O–H groups in total. The molecule has 1 rings (SSSR count). The first kappa shape index (κ1) is 7.68. The fourth-order valence-electron chi connectivity index (χ4n) is 0.552. The average molecular weight is 209 g/mol. The average Bonchev–Trinajstić information content (AvgIpc) is 2.34. The highest BCUT2D eigenvalue weighted by Gasteiger charge is 2.06. The number of aliphatic hydroxyl groups excluding tert-OH is 1. The summed E-state index contributed by atoms with van der Waals surface area (Å²) in [4.78, 5) is 0. The summed E-state index contributed by atoms with van der Waals surface area (Å²) >= 11 is 3.10. The topological polar surface area (TPSA) is 38.0 Å². The van der Waals surface area contributed by atoms with E-state index in [1.807, 2.05) is 0 Å². The van der Waals surface area contributed by atoms with Crippen LogP contribution < -0.4 is 0 Å². The lowest BCUT2D eigenvalue weighted by molar-refractivity contribution is 0.113. The third-order valence-corrected chi connectivity index (χ3v) is 1.42. The van der Waals surface area contributed by atoms with Crippen molar-refractivity contribution >= 4 is 15.9 Å². The number of rotatable bonds is 2. The molecular weight excluding hydrogens is 203 g/mol. The quantitative estimate of drug-likeness (QED) is 0.791. The van der Waals surface area contributed by atoms with Gasteiger partial charge in [-0.15, -0.1) is 0 Å². The van der Waals surface area contributed by atoms with Crippen molar-refractivity contribution in [2.24, 2.45) is 0 Å². The number of alkyl halides is 1. The second kappa shape index (κ2) is 3.12. The van der Waals surface area contributed by atoms with Gasteiger partial charge in [0.15, 0.2) is 0 Å². The summed E-state index contributed by atoms with van der Waals surface area (Å²) in [6, 6.07) is 0. The summed E-state index contributed by atoms with van der Waals surface area (Å²) in [5.74, 6) is 0. The van der Waals surface area contributed by atoms with E-state index < -0.39 is 12.9 Å². The van der Waals surface area contributed by atoms with Gasteiger partial charge in [-0.2, -0.15) is 5.10 Å². The predicted octanol–water partition coefficient (Wildman–Crippen LogP) is 1.11. The van der Waals surface area contributed by atoms with Gasteiger partial charge in [0.1, 0.15) is 0 Å². The highest BCUT2D eigenvalue weighted by Crippen LogP contribution is 2.11. The summed E-state index contributed by atoms with van der Waals surface area (Å²) < 4.78 is 14.3. The van der Waals surface area contributed by atoms with Crippen molar-refractivity contribution in [3.05, 3.63) is 16.9 Å². The van der Waals surface area contributed by atoms with E-state index in [0.717, 1.165) is 4.68 Å². The van der Waals surface area contributed by atoms with Gasteiger partial charge < -0.3 is 5.11 Å². The Kier molecular flexibility index (Phi) is 2.39. The van der Waals surface area contributed by atoms with Crippen molar-refractivity contribution in [3.63, 3.8) is 0 Å². The Labute approximate surface area is 65.6 Å². The molecule has 10 heavy (non-hydrogen) atoms. The molecule has 5 heteroatoms. The monoisotopic (exact) mass is 208 g/mol. The van der Waals surface area contributed by atoms with Crippen LogP contribution in [0.3, 0.4) is 0 Å². The normalized spacial score (nSPS) is 13.5. The van der Waals surface area contributed by atoms with Gasteiger partial charge in [-0.25, -0.2) is 9.07 Å². The van der Waals surface area contributed by atoms with Crippen LogP contribution in [0.15, 0.2) is 16.9 Å². The maximum Gasteiger partial charge on any atom is 0.214 e. The molecule has 0 saturated carbocycles. The van der Waals surface area contributed by atoms with E-state index in [2.05, 4.69) is 21.0 Å². The van der Waals surface area contributed by atoms with E-state index in [9.17, 15) is 4.39 Å². The lowest BCUT2D eigenvalue weighted by Crippen LogP contribution is -2.07. The van der Waals surface area contributed by atoms with Crippen LogP contribution in [0.25, 0.3) is 0 Å². The van der Waals surface area contributed by atoms with Crippen LogP contribution in [0.5, 0.6) is 0 Å². The number of aromatic nitrogens is 2. The standard InChI is InChI=1S/C5H6BrFN2O/c6-4-1-8-9(2-4)5(7)3-10/h1-2,5,10H,3H2. The number of aliphatic hydroxyl groups is 1. The number of hydrogen-bond donors (Lipinski definition) is 1. The van der Waals surface area contributed by atoms with E-state index in [1.165, 1.54) is 12.4 Å². The van der Waals surface area contributed by atoms with E-state index in [-0.39, 0.29) is 0 Å². The van der Waals surface area contributed by atoms with Gasteiger partial charge in [-0.05, 0) is 15.9 Å². The summed E-state index contributed by atoms with van der Waals surface area (Å²) in [5.41, 5.74) is 0. The Hall–Kier alpha value is -0.420. The van der Waals surface area contributed by atoms with Gasteiger partial charge in [0.05, 0.1) is 17.3 Å². The Morgan fingerprint density at radius 1 is 1.90 bits per heavy atom. The van der Waals surface area contributed by atoms with Crippen molar-refractivity contribution in [1.29, 1.82) is 0 Å². The van der Waals surface area contributed by atoms with Crippen LogP contribution in [-0.4, -0.2) is 21.5 Å². The lowest BCUT2D eigenvalue weighted by Gasteiger charge is -2.02. The van der Waals surface area contributed by atoms with Crippen LogP contribution in [0.1, 0.15) is 6.30 Å². The molecule has 1 heterocycles. The molecule has 0 radical (unpaired) electrons. The van der Waals surface area contributed by atoms with Gasteiger partial charge in [0.25, 0.3) is 0 Å². The fraction of sp³-hybridized carbons (Fsp3) is 0.400.